The van der Waals surface area contributed by atoms with Crippen LogP contribution in [0.3, 0.4) is 0 Å². The number of hydrogen-bond acceptors (Lipinski definition) is 5. The number of thiazole rings is 1. The van der Waals surface area contributed by atoms with Gasteiger partial charge in [0.1, 0.15) is 11.5 Å². The number of nitrogens with zero attached hydrogens (tertiary/aromatic N) is 4. The van der Waals surface area contributed by atoms with E-state index in [9.17, 15) is 4.79 Å². The lowest BCUT2D eigenvalue weighted by molar-refractivity contribution is 0.0779. The van der Waals surface area contributed by atoms with Crippen LogP contribution in [0, 0.1) is 13.8 Å². The molecule has 0 aliphatic rings. The van der Waals surface area contributed by atoms with Gasteiger partial charge in [-0.15, -0.1) is 11.3 Å². The first-order valence-corrected chi connectivity index (χ1v) is 7.03. The zero-order valence-corrected chi connectivity index (χ0v) is 12.3. The molecule has 0 unspecified atom stereocenters. The van der Waals surface area contributed by atoms with Crippen LogP contribution in [0.15, 0.2) is 22.3 Å². The molecule has 1 amide bonds. The second-order valence-corrected chi connectivity index (χ2v) is 5.56. The van der Waals surface area contributed by atoms with Gasteiger partial charge in [-0.2, -0.15) is 0 Å². The topological polar surface area (TPSA) is 63.6 Å². The van der Waals surface area contributed by atoms with E-state index in [0.717, 1.165) is 22.0 Å². The van der Waals surface area contributed by atoms with Crippen LogP contribution in [0.5, 0.6) is 0 Å². The Balaban J connectivity index is 1.81. The van der Waals surface area contributed by atoms with Crippen LogP contribution in [0.1, 0.15) is 27.5 Å². The minimum atomic E-state index is -0.110. The Labute approximate surface area is 119 Å². The maximum atomic E-state index is 12.4. The van der Waals surface area contributed by atoms with Crippen LogP contribution < -0.4 is 0 Å². The largest absolute Gasteiger partial charge is 0.361 e. The van der Waals surface area contributed by atoms with Gasteiger partial charge < -0.3 is 9.42 Å². The molecule has 0 aromatic carbocycles. The molecule has 0 fully saturated rings. The number of rotatable bonds is 3. The van der Waals surface area contributed by atoms with E-state index in [0.29, 0.717) is 12.2 Å². The summed E-state index contributed by atoms with van der Waals surface area (Å²) in [4.78, 5) is 19.1. The molecule has 3 heterocycles. The fraction of sp³-hybridized carbons (Fsp3) is 0.308. The lowest BCUT2D eigenvalue weighted by Crippen LogP contribution is -2.26. The quantitative estimate of drug-likeness (QED) is 0.742. The van der Waals surface area contributed by atoms with E-state index < -0.39 is 0 Å². The maximum Gasteiger partial charge on any atom is 0.274 e. The van der Waals surface area contributed by atoms with Crippen molar-refractivity contribution < 1.29 is 9.32 Å². The Bertz CT molecular complexity index is 722. The lowest BCUT2D eigenvalue weighted by atomic mass is 10.2. The van der Waals surface area contributed by atoms with Crippen LogP contribution in [0.25, 0.3) is 4.96 Å². The zero-order chi connectivity index (χ0) is 14.3. The van der Waals surface area contributed by atoms with E-state index in [1.54, 1.807) is 18.1 Å². The van der Waals surface area contributed by atoms with Crippen molar-refractivity contribution >= 4 is 22.2 Å². The summed E-state index contributed by atoms with van der Waals surface area (Å²) < 4.78 is 6.96. The second-order valence-electron chi connectivity index (χ2n) is 4.68. The molecule has 0 N–H and O–H groups in total. The third-order valence-electron chi connectivity index (χ3n) is 3.24. The molecule has 3 aromatic rings. The molecule has 20 heavy (non-hydrogen) atoms. The third-order valence-corrected chi connectivity index (χ3v) is 4.01. The maximum absolute atomic E-state index is 12.4. The second kappa shape index (κ2) is 4.75. The van der Waals surface area contributed by atoms with Crippen molar-refractivity contribution in [3.05, 3.63) is 40.5 Å². The summed E-state index contributed by atoms with van der Waals surface area (Å²) in [5, 5.41) is 5.83. The molecule has 0 spiro atoms. The molecule has 3 aromatic heterocycles. The third kappa shape index (κ3) is 2.09. The highest BCUT2D eigenvalue weighted by atomic mass is 32.1. The monoisotopic (exact) mass is 290 g/mol. The van der Waals surface area contributed by atoms with Crippen molar-refractivity contribution in [3.8, 4) is 0 Å². The molecular weight excluding hydrogens is 276 g/mol. The van der Waals surface area contributed by atoms with Gasteiger partial charge in [-0.3, -0.25) is 9.20 Å². The van der Waals surface area contributed by atoms with E-state index in [1.807, 2.05) is 29.8 Å². The molecule has 0 aliphatic carbocycles. The molecule has 0 radical (unpaired) electrons. The average Bonchev–Trinajstić information content (AvgIpc) is 3.07. The number of aromatic nitrogens is 3. The molecule has 0 atom stereocenters. The summed E-state index contributed by atoms with van der Waals surface area (Å²) in [7, 11) is 1.75. The first-order valence-electron chi connectivity index (χ1n) is 6.15. The average molecular weight is 290 g/mol. The normalized spacial score (nSPS) is 11.2. The predicted octanol–water partition coefficient (Wildman–Crippen LogP) is 2.27. The van der Waals surface area contributed by atoms with Crippen molar-refractivity contribution in [2.24, 2.45) is 0 Å². The van der Waals surface area contributed by atoms with Crippen LogP contribution in [-0.4, -0.2) is 32.4 Å². The standard InChI is InChI=1S/C13H14N4O2S/c1-8-10(9(2)19-15-8)6-16(3)12(18)11-7-17-4-5-20-13(17)14-11/h4-5,7H,6H2,1-3H3. The van der Waals surface area contributed by atoms with Crippen molar-refractivity contribution in [2.75, 3.05) is 7.05 Å². The fourth-order valence-corrected chi connectivity index (χ4v) is 2.76. The number of hydrogen-bond donors (Lipinski definition) is 0. The Hall–Kier alpha value is -2.15. The summed E-state index contributed by atoms with van der Waals surface area (Å²) >= 11 is 1.50. The van der Waals surface area contributed by atoms with Crippen molar-refractivity contribution in [2.45, 2.75) is 20.4 Å². The van der Waals surface area contributed by atoms with Gasteiger partial charge in [0.15, 0.2) is 4.96 Å². The highest BCUT2D eigenvalue weighted by molar-refractivity contribution is 7.15. The smallest absolute Gasteiger partial charge is 0.274 e. The van der Waals surface area contributed by atoms with Crippen molar-refractivity contribution in [1.82, 2.24) is 19.4 Å². The Morgan fingerprint density at radius 2 is 2.30 bits per heavy atom. The van der Waals surface area contributed by atoms with E-state index in [4.69, 9.17) is 4.52 Å². The number of carbonyl (C=O) groups excluding carboxylic acids is 1. The van der Waals surface area contributed by atoms with Gasteiger partial charge in [-0.05, 0) is 13.8 Å². The zero-order valence-electron chi connectivity index (χ0n) is 11.5. The Morgan fingerprint density at radius 1 is 1.50 bits per heavy atom. The number of aryl methyl sites for hydroxylation is 2. The summed E-state index contributed by atoms with van der Waals surface area (Å²) in [6.07, 6.45) is 3.63. The summed E-state index contributed by atoms with van der Waals surface area (Å²) in [5.41, 5.74) is 2.21. The molecular formula is C13H14N4O2S. The SMILES string of the molecule is Cc1noc(C)c1CN(C)C(=O)c1cn2ccsc2n1. The van der Waals surface area contributed by atoms with Gasteiger partial charge in [0.2, 0.25) is 0 Å². The molecule has 0 aliphatic heterocycles. The van der Waals surface area contributed by atoms with Crippen LogP contribution in [0.2, 0.25) is 0 Å². The summed E-state index contributed by atoms with van der Waals surface area (Å²) in [6, 6.07) is 0. The fourth-order valence-electron chi connectivity index (χ4n) is 2.06. The molecule has 0 saturated heterocycles. The number of carbonyl (C=O) groups is 1. The summed E-state index contributed by atoms with van der Waals surface area (Å²) in [5.74, 6) is 0.633. The van der Waals surface area contributed by atoms with Crippen molar-refractivity contribution in [3.63, 3.8) is 0 Å². The molecule has 6 nitrogen and oxygen atoms in total. The lowest BCUT2D eigenvalue weighted by Gasteiger charge is -2.15. The minimum absolute atomic E-state index is 0.110. The minimum Gasteiger partial charge on any atom is -0.361 e. The Kier molecular flexibility index (Phi) is 3.06. The first kappa shape index (κ1) is 12.9. The van der Waals surface area contributed by atoms with E-state index in [1.165, 1.54) is 11.3 Å². The van der Waals surface area contributed by atoms with E-state index >= 15 is 0 Å². The summed E-state index contributed by atoms with van der Waals surface area (Å²) in [6.45, 7) is 4.18. The highest BCUT2D eigenvalue weighted by Gasteiger charge is 2.19. The molecule has 104 valence electrons. The number of fused-ring (bicyclic) bond motifs is 1. The predicted molar refractivity (Wildman–Crippen MR) is 74.8 cm³/mol. The molecule has 7 heteroatoms. The molecule has 3 rings (SSSR count). The molecule has 0 bridgehead atoms. The Morgan fingerprint density at radius 3 is 2.95 bits per heavy atom. The van der Waals surface area contributed by atoms with Gasteiger partial charge in [-0.25, -0.2) is 4.98 Å². The van der Waals surface area contributed by atoms with Crippen LogP contribution in [-0.2, 0) is 6.54 Å². The van der Waals surface area contributed by atoms with E-state index in [2.05, 4.69) is 10.1 Å². The number of imidazole rings is 1. The number of amides is 1. The van der Waals surface area contributed by atoms with Gasteiger partial charge in [-0.1, -0.05) is 5.16 Å². The van der Waals surface area contributed by atoms with Gasteiger partial charge in [0.05, 0.1) is 12.2 Å². The van der Waals surface area contributed by atoms with Gasteiger partial charge in [0.25, 0.3) is 5.91 Å². The van der Waals surface area contributed by atoms with E-state index in [-0.39, 0.29) is 5.91 Å². The van der Waals surface area contributed by atoms with Crippen LogP contribution >= 0.6 is 11.3 Å². The first-order chi connectivity index (χ1) is 9.56. The van der Waals surface area contributed by atoms with Gasteiger partial charge in [0, 0.05) is 30.4 Å². The van der Waals surface area contributed by atoms with Gasteiger partial charge >= 0.3 is 0 Å². The van der Waals surface area contributed by atoms with Crippen LogP contribution in [0.4, 0.5) is 0 Å². The highest BCUT2D eigenvalue weighted by Crippen LogP contribution is 2.17. The molecule has 0 saturated carbocycles. The van der Waals surface area contributed by atoms with Crippen molar-refractivity contribution in [1.29, 1.82) is 0 Å².